The Labute approximate surface area is 133 Å². The Morgan fingerprint density at radius 1 is 1.43 bits per heavy atom. The number of carbonyl (C=O) groups excluding carboxylic acids is 1. The number of aryl methyl sites for hydroxylation is 1. The van der Waals surface area contributed by atoms with Crippen molar-refractivity contribution in [3.63, 3.8) is 0 Å². The van der Waals surface area contributed by atoms with Crippen LogP contribution in [0.2, 0.25) is 0 Å². The van der Waals surface area contributed by atoms with E-state index in [-0.39, 0.29) is 9.90 Å². The molecule has 0 unspecified atom stereocenters. The fourth-order valence-electron chi connectivity index (χ4n) is 1.49. The Kier molecular flexibility index (Phi) is 4.59. The number of thiazole rings is 1. The van der Waals surface area contributed by atoms with Crippen LogP contribution in [0.1, 0.15) is 16.2 Å². The summed E-state index contributed by atoms with van der Waals surface area (Å²) in [5.41, 5.74) is 1.85. The number of carbonyl (C=O) groups is 1. The summed E-state index contributed by atoms with van der Waals surface area (Å²) in [6, 6.07) is 3.18. The predicted octanol–water partition coefficient (Wildman–Crippen LogP) is 2.20. The molecule has 0 aliphatic heterocycles. The van der Waals surface area contributed by atoms with Crippen LogP contribution >= 0.6 is 27.3 Å². The quantitative estimate of drug-likeness (QED) is 0.633. The van der Waals surface area contributed by atoms with E-state index in [1.807, 2.05) is 0 Å². The van der Waals surface area contributed by atoms with Crippen molar-refractivity contribution in [1.29, 1.82) is 0 Å². The Hall–Kier alpha value is -1.52. The van der Waals surface area contributed by atoms with E-state index in [1.165, 1.54) is 5.51 Å². The molecule has 0 aliphatic rings. The first-order valence-electron chi connectivity index (χ1n) is 5.53. The average molecular weight is 392 g/mol. The van der Waals surface area contributed by atoms with Crippen LogP contribution in [0.3, 0.4) is 0 Å². The third-order valence-electron chi connectivity index (χ3n) is 2.45. The molecule has 0 atom stereocenters. The first-order valence-corrected chi connectivity index (χ1v) is 8.68. The van der Waals surface area contributed by atoms with Crippen LogP contribution in [0.25, 0.3) is 0 Å². The van der Waals surface area contributed by atoms with Crippen molar-refractivity contribution in [2.24, 2.45) is 0 Å². The van der Waals surface area contributed by atoms with E-state index in [1.54, 1.807) is 19.1 Å². The van der Waals surface area contributed by atoms with E-state index in [0.29, 0.717) is 16.0 Å². The van der Waals surface area contributed by atoms with Crippen molar-refractivity contribution in [2.75, 3.05) is 11.8 Å². The van der Waals surface area contributed by atoms with Crippen molar-refractivity contribution in [3.05, 3.63) is 33.6 Å². The van der Waals surface area contributed by atoms with Gasteiger partial charge in [-0.3, -0.25) is 4.72 Å². The largest absolute Gasteiger partial charge is 0.464 e. The number of halogens is 1. The summed E-state index contributed by atoms with van der Waals surface area (Å²) >= 11 is 4.03. The van der Waals surface area contributed by atoms with Crippen LogP contribution in [0, 0.1) is 6.92 Å². The van der Waals surface area contributed by atoms with E-state index in [9.17, 15) is 13.2 Å². The number of methoxy groups -OCH3 is 1. The molecule has 0 radical (unpaired) electrons. The van der Waals surface area contributed by atoms with Gasteiger partial charge in [-0.1, -0.05) is 0 Å². The number of anilines is 1. The molecule has 2 rings (SSSR count). The minimum absolute atomic E-state index is 0.198. The molecule has 0 bridgehead atoms. The summed E-state index contributed by atoms with van der Waals surface area (Å²) in [6.07, 6.45) is 0. The predicted molar refractivity (Wildman–Crippen MR) is 80.9 cm³/mol. The van der Waals surface area contributed by atoms with Gasteiger partial charge in [0, 0.05) is 0 Å². The summed E-state index contributed by atoms with van der Waals surface area (Å²) in [4.78, 5) is 19.3. The van der Waals surface area contributed by atoms with Gasteiger partial charge in [-0.25, -0.2) is 23.2 Å². The molecule has 10 heteroatoms. The fourth-order valence-corrected chi connectivity index (χ4v) is 4.14. The van der Waals surface area contributed by atoms with Crippen molar-refractivity contribution in [1.82, 2.24) is 9.97 Å². The highest BCUT2D eigenvalue weighted by Crippen LogP contribution is 2.25. The normalized spacial score (nSPS) is 11.2. The second-order valence-corrected chi connectivity index (χ2v) is 7.40. The molecule has 0 amide bonds. The van der Waals surface area contributed by atoms with Gasteiger partial charge in [0.05, 0.1) is 24.0 Å². The van der Waals surface area contributed by atoms with Crippen molar-refractivity contribution in [2.45, 2.75) is 11.1 Å². The molecule has 7 nitrogen and oxygen atoms in total. The van der Waals surface area contributed by atoms with E-state index in [0.717, 1.165) is 18.4 Å². The Morgan fingerprint density at radius 2 is 2.14 bits per heavy atom. The van der Waals surface area contributed by atoms with Gasteiger partial charge < -0.3 is 4.74 Å². The molecule has 0 spiro atoms. The third-order valence-corrected chi connectivity index (χ3v) is 5.63. The van der Waals surface area contributed by atoms with Crippen LogP contribution in [0.15, 0.2) is 26.5 Å². The number of hydrogen-bond donors (Lipinski definition) is 1. The molecular weight excluding hydrogens is 382 g/mol. The standard InChI is InChI=1S/C11H10BrN3O4S2/c1-6-7(3-4-8(12)14-6)15-21(17,18)11-9(10(16)19-2)13-5-20-11/h3-5,15H,1-2H3. The Bertz CT molecular complexity index is 789. The SMILES string of the molecule is COC(=O)c1ncsc1S(=O)(=O)Nc1ccc(Br)nc1C. The van der Waals surface area contributed by atoms with Gasteiger partial charge in [0.15, 0.2) is 9.90 Å². The number of rotatable bonds is 4. The molecule has 0 saturated heterocycles. The zero-order chi connectivity index (χ0) is 15.6. The van der Waals surface area contributed by atoms with Crippen LogP contribution in [0.4, 0.5) is 5.69 Å². The van der Waals surface area contributed by atoms with E-state index >= 15 is 0 Å². The number of sulfonamides is 1. The lowest BCUT2D eigenvalue weighted by molar-refractivity contribution is 0.0590. The molecule has 0 aromatic carbocycles. The number of pyridine rings is 1. The number of nitrogens with zero attached hydrogens (tertiary/aromatic N) is 2. The van der Waals surface area contributed by atoms with Gasteiger partial charge in [0.2, 0.25) is 0 Å². The number of hydrogen-bond acceptors (Lipinski definition) is 7. The van der Waals surface area contributed by atoms with Gasteiger partial charge >= 0.3 is 5.97 Å². The van der Waals surface area contributed by atoms with Crippen molar-refractivity contribution < 1.29 is 17.9 Å². The molecule has 0 saturated carbocycles. The maximum absolute atomic E-state index is 12.4. The minimum Gasteiger partial charge on any atom is -0.464 e. The summed E-state index contributed by atoms with van der Waals surface area (Å²) < 4.78 is 32.0. The topological polar surface area (TPSA) is 98.2 Å². The lowest BCUT2D eigenvalue weighted by atomic mass is 10.3. The first-order chi connectivity index (χ1) is 9.85. The molecule has 2 heterocycles. The van der Waals surface area contributed by atoms with Gasteiger partial charge in [0.25, 0.3) is 10.0 Å². The number of esters is 1. The molecule has 1 N–H and O–H groups in total. The van der Waals surface area contributed by atoms with E-state index in [2.05, 4.69) is 35.4 Å². The molecule has 0 fully saturated rings. The highest BCUT2D eigenvalue weighted by molar-refractivity contribution is 9.10. The van der Waals surface area contributed by atoms with Crippen LogP contribution in [-0.2, 0) is 14.8 Å². The monoisotopic (exact) mass is 391 g/mol. The molecule has 2 aromatic heterocycles. The average Bonchev–Trinajstić information content (AvgIpc) is 2.91. The maximum Gasteiger partial charge on any atom is 0.358 e. The van der Waals surface area contributed by atoms with Gasteiger partial charge in [-0.15, -0.1) is 11.3 Å². The smallest absolute Gasteiger partial charge is 0.358 e. The molecule has 112 valence electrons. The summed E-state index contributed by atoms with van der Waals surface area (Å²) in [5.74, 6) is -0.803. The van der Waals surface area contributed by atoms with Crippen LogP contribution in [-0.4, -0.2) is 31.5 Å². The fraction of sp³-hybridized carbons (Fsp3) is 0.182. The minimum atomic E-state index is -3.94. The summed E-state index contributed by atoms with van der Waals surface area (Å²) in [5, 5.41) is 0. The van der Waals surface area contributed by atoms with Gasteiger partial charge in [-0.2, -0.15) is 0 Å². The lowest BCUT2D eigenvalue weighted by Crippen LogP contribution is -2.17. The summed E-state index contributed by atoms with van der Waals surface area (Å²) in [6.45, 7) is 1.66. The number of aromatic nitrogens is 2. The Morgan fingerprint density at radius 3 is 2.76 bits per heavy atom. The van der Waals surface area contributed by atoms with Gasteiger partial charge in [0.1, 0.15) is 4.60 Å². The summed E-state index contributed by atoms with van der Waals surface area (Å²) in [7, 11) is -2.78. The molecular formula is C11H10BrN3O4S2. The molecule has 2 aromatic rings. The zero-order valence-corrected chi connectivity index (χ0v) is 14.2. The molecule has 21 heavy (non-hydrogen) atoms. The number of nitrogens with one attached hydrogen (secondary N) is 1. The second-order valence-electron chi connectivity index (χ2n) is 3.85. The Balaban J connectivity index is 2.39. The highest BCUT2D eigenvalue weighted by atomic mass is 79.9. The second kappa shape index (κ2) is 6.08. The van der Waals surface area contributed by atoms with Crippen molar-refractivity contribution in [3.8, 4) is 0 Å². The van der Waals surface area contributed by atoms with E-state index in [4.69, 9.17) is 0 Å². The number of ether oxygens (including phenoxy) is 1. The van der Waals surface area contributed by atoms with Crippen molar-refractivity contribution >= 4 is 48.9 Å². The maximum atomic E-state index is 12.4. The van der Waals surface area contributed by atoms with Gasteiger partial charge in [-0.05, 0) is 35.0 Å². The van der Waals surface area contributed by atoms with E-state index < -0.39 is 16.0 Å². The first kappa shape index (κ1) is 15.9. The van der Waals surface area contributed by atoms with Crippen LogP contribution in [0.5, 0.6) is 0 Å². The third kappa shape index (κ3) is 3.39. The van der Waals surface area contributed by atoms with Crippen LogP contribution < -0.4 is 4.72 Å². The zero-order valence-electron chi connectivity index (χ0n) is 11.0. The molecule has 0 aliphatic carbocycles. The lowest BCUT2D eigenvalue weighted by Gasteiger charge is -2.09. The highest BCUT2D eigenvalue weighted by Gasteiger charge is 2.27.